The van der Waals surface area contributed by atoms with Gasteiger partial charge in [0.2, 0.25) is 0 Å². The van der Waals surface area contributed by atoms with Gasteiger partial charge in [-0.3, -0.25) is 9.59 Å². The molecule has 0 bridgehead atoms. The van der Waals surface area contributed by atoms with Crippen molar-refractivity contribution < 1.29 is 22.7 Å². The molecule has 0 spiro atoms. The van der Waals surface area contributed by atoms with E-state index in [0.717, 1.165) is 12.8 Å². The van der Waals surface area contributed by atoms with Gasteiger partial charge in [0.05, 0.1) is 24.5 Å². The molecule has 6 heteroatoms. The lowest BCUT2D eigenvalue weighted by atomic mass is 10.1. The monoisotopic (exact) mass is 288 g/mol. The van der Waals surface area contributed by atoms with Gasteiger partial charge in [0, 0.05) is 12.3 Å². The first-order valence-electron chi connectivity index (χ1n) is 6.61. The standard InChI is InChI=1S/C13H20O5S/c1-9-10(14)3-4-11(9)19(16,17)8-13(5-6-13)7-12(15)18-2/h9,11H,3-8H2,1-2H3. The minimum Gasteiger partial charge on any atom is -0.469 e. The number of Topliss-reactive ketones (excluding diaryl/α,β-unsaturated/α-hetero) is 1. The third-order valence-corrected chi connectivity index (χ3v) is 6.99. The van der Waals surface area contributed by atoms with Crippen LogP contribution in [0.3, 0.4) is 0 Å². The fraction of sp³-hybridized carbons (Fsp3) is 0.846. The average molecular weight is 288 g/mol. The molecule has 0 aliphatic heterocycles. The van der Waals surface area contributed by atoms with Gasteiger partial charge in [-0.2, -0.15) is 0 Å². The van der Waals surface area contributed by atoms with Gasteiger partial charge < -0.3 is 4.74 Å². The molecule has 0 saturated heterocycles. The number of hydrogen-bond acceptors (Lipinski definition) is 5. The molecular weight excluding hydrogens is 268 g/mol. The molecule has 0 N–H and O–H groups in total. The molecule has 2 saturated carbocycles. The van der Waals surface area contributed by atoms with E-state index in [4.69, 9.17) is 0 Å². The zero-order valence-electron chi connectivity index (χ0n) is 11.3. The molecule has 2 unspecified atom stereocenters. The van der Waals surface area contributed by atoms with E-state index in [1.54, 1.807) is 6.92 Å². The molecule has 2 aliphatic rings. The molecule has 0 aromatic rings. The largest absolute Gasteiger partial charge is 0.469 e. The normalized spacial score (nSPS) is 29.3. The molecule has 5 nitrogen and oxygen atoms in total. The Morgan fingerprint density at radius 3 is 2.47 bits per heavy atom. The van der Waals surface area contributed by atoms with Crippen molar-refractivity contribution in [1.29, 1.82) is 0 Å². The Morgan fingerprint density at radius 2 is 2.05 bits per heavy atom. The first-order valence-corrected chi connectivity index (χ1v) is 8.32. The van der Waals surface area contributed by atoms with Crippen LogP contribution in [0, 0.1) is 11.3 Å². The minimum atomic E-state index is -3.32. The van der Waals surface area contributed by atoms with Gasteiger partial charge in [0.25, 0.3) is 0 Å². The Hall–Kier alpha value is -0.910. The third-order valence-electron chi connectivity index (χ3n) is 4.41. The van der Waals surface area contributed by atoms with Gasteiger partial charge in [-0.1, -0.05) is 6.92 Å². The average Bonchev–Trinajstić information content (AvgIpc) is 2.97. The van der Waals surface area contributed by atoms with E-state index in [1.807, 2.05) is 0 Å². The summed E-state index contributed by atoms with van der Waals surface area (Å²) in [7, 11) is -2.01. The highest BCUT2D eigenvalue weighted by Crippen LogP contribution is 2.51. The molecule has 0 amide bonds. The lowest BCUT2D eigenvalue weighted by Crippen LogP contribution is -2.32. The lowest BCUT2D eigenvalue weighted by Gasteiger charge is -2.19. The maximum atomic E-state index is 12.4. The van der Waals surface area contributed by atoms with E-state index in [2.05, 4.69) is 4.74 Å². The van der Waals surface area contributed by atoms with Gasteiger partial charge in [-0.15, -0.1) is 0 Å². The molecular formula is C13H20O5S. The van der Waals surface area contributed by atoms with Crippen molar-refractivity contribution in [3.63, 3.8) is 0 Å². The first kappa shape index (κ1) is 14.5. The predicted molar refractivity (Wildman–Crippen MR) is 69.3 cm³/mol. The molecule has 19 heavy (non-hydrogen) atoms. The van der Waals surface area contributed by atoms with E-state index < -0.39 is 26.4 Å². The molecule has 2 atom stereocenters. The maximum Gasteiger partial charge on any atom is 0.306 e. The summed E-state index contributed by atoms with van der Waals surface area (Å²) in [5, 5.41) is -0.560. The number of sulfone groups is 1. The summed E-state index contributed by atoms with van der Waals surface area (Å²) in [5.74, 6) is -0.717. The highest BCUT2D eigenvalue weighted by molar-refractivity contribution is 7.92. The highest BCUT2D eigenvalue weighted by Gasteiger charge is 2.51. The van der Waals surface area contributed by atoms with Crippen LogP contribution in [0.5, 0.6) is 0 Å². The molecule has 2 aliphatic carbocycles. The Balaban J connectivity index is 2.06. The summed E-state index contributed by atoms with van der Waals surface area (Å²) in [6.07, 6.45) is 2.44. The number of ether oxygens (including phenoxy) is 1. The van der Waals surface area contributed by atoms with Crippen molar-refractivity contribution >= 4 is 21.6 Å². The van der Waals surface area contributed by atoms with Crippen LogP contribution in [0.4, 0.5) is 0 Å². The van der Waals surface area contributed by atoms with Crippen LogP contribution >= 0.6 is 0 Å². The van der Waals surface area contributed by atoms with Crippen LogP contribution in [0.15, 0.2) is 0 Å². The third kappa shape index (κ3) is 2.99. The van der Waals surface area contributed by atoms with E-state index in [9.17, 15) is 18.0 Å². The fourth-order valence-electron chi connectivity index (χ4n) is 2.92. The van der Waals surface area contributed by atoms with Crippen molar-refractivity contribution in [2.45, 2.75) is 44.3 Å². The molecule has 0 aromatic heterocycles. The molecule has 2 rings (SSSR count). The summed E-state index contributed by atoms with van der Waals surface area (Å²) in [6.45, 7) is 1.69. The molecule has 0 heterocycles. The fourth-order valence-corrected chi connectivity index (χ4v) is 5.63. The lowest BCUT2D eigenvalue weighted by molar-refractivity contribution is -0.141. The Bertz CT molecular complexity index is 489. The van der Waals surface area contributed by atoms with Crippen LogP contribution in [0.1, 0.15) is 39.0 Å². The van der Waals surface area contributed by atoms with E-state index in [1.165, 1.54) is 7.11 Å². The minimum absolute atomic E-state index is 0.0113. The summed E-state index contributed by atoms with van der Waals surface area (Å²) < 4.78 is 29.4. The first-order chi connectivity index (χ1) is 8.80. The summed E-state index contributed by atoms with van der Waals surface area (Å²) in [5.41, 5.74) is -0.433. The van der Waals surface area contributed by atoms with Crippen LogP contribution in [0.2, 0.25) is 0 Å². The Labute approximate surface area is 113 Å². The number of ketones is 1. The second-order valence-electron chi connectivity index (χ2n) is 5.89. The van der Waals surface area contributed by atoms with Gasteiger partial charge in [-0.05, 0) is 24.7 Å². The summed E-state index contributed by atoms with van der Waals surface area (Å²) in [4.78, 5) is 22.8. The van der Waals surface area contributed by atoms with Crippen molar-refractivity contribution in [1.82, 2.24) is 0 Å². The topological polar surface area (TPSA) is 77.5 Å². The van der Waals surface area contributed by atoms with E-state index in [0.29, 0.717) is 12.8 Å². The van der Waals surface area contributed by atoms with Crippen LogP contribution in [-0.4, -0.2) is 38.3 Å². The van der Waals surface area contributed by atoms with Gasteiger partial charge in [0.15, 0.2) is 9.84 Å². The number of methoxy groups -OCH3 is 1. The number of hydrogen-bond donors (Lipinski definition) is 0. The summed E-state index contributed by atoms with van der Waals surface area (Å²) in [6, 6.07) is 0. The molecule has 0 radical (unpaired) electrons. The molecule has 0 aromatic carbocycles. The van der Waals surface area contributed by atoms with Crippen molar-refractivity contribution in [3.05, 3.63) is 0 Å². The maximum absolute atomic E-state index is 12.4. The number of esters is 1. The van der Waals surface area contributed by atoms with Crippen molar-refractivity contribution in [3.8, 4) is 0 Å². The van der Waals surface area contributed by atoms with Crippen LogP contribution in [-0.2, 0) is 24.2 Å². The zero-order chi connectivity index (χ0) is 14.3. The Morgan fingerprint density at radius 1 is 1.42 bits per heavy atom. The van der Waals surface area contributed by atoms with Crippen LogP contribution in [0.25, 0.3) is 0 Å². The van der Waals surface area contributed by atoms with Gasteiger partial charge in [0.1, 0.15) is 5.78 Å². The number of carbonyl (C=O) groups is 2. The smallest absolute Gasteiger partial charge is 0.306 e. The predicted octanol–water partition coefficient (Wildman–Crippen LogP) is 1.11. The number of carbonyl (C=O) groups excluding carboxylic acids is 2. The van der Waals surface area contributed by atoms with Crippen molar-refractivity contribution in [2.24, 2.45) is 11.3 Å². The SMILES string of the molecule is COC(=O)CC1(CS(=O)(=O)C2CCC(=O)C2C)CC1. The quantitative estimate of drug-likeness (QED) is 0.708. The summed E-state index contributed by atoms with van der Waals surface area (Å²) >= 11 is 0. The molecule has 108 valence electrons. The molecule has 2 fully saturated rings. The van der Waals surface area contributed by atoms with Gasteiger partial charge >= 0.3 is 5.97 Å². The van der Waals surface area contributed by atoms with Gasteiger partial charge in [-0.25, -0.2) is 8.42 Å². The second-order valence-corrected chi connectivity index (χ2v) is 8.11. The van der Waals surface area contributed by atoms with E-state index >= 15 is 0 Å². The highest BCUT2D eigenvalue weighted by atomic mass is 32.2. The van der Waals surface area contributed by atoms with E-state index in [-0.39, 0.29) is 23.9 Å². The van der Waals surface area contributed by atoms with Crippen molar-refractivity contribution in [2.75, 3.05) is 12.9 Å². The Kier molecular flexibility index (Phi) is 3.73. The number of rotatable bonds is 5. The van der Waals surface area contributed by atoms with Crippen LogP contribution < -0.4 is 0 Å². The zero-order valence-corrected chi connectivity index (χ0v) is 12.2. The second kappa shape index (κ2) is 4.89.